The van der Waals surface area contributed by atoms with Crippen molar-refractivity contribution in [3.05, 3.63) is 29.6 Å². The molecule has 9 heteroatoms. The molecule has 1 rings (SSSR count). The SMILES string of the molecule is COC(=O)C[C@H](NS(=O)C(C)(C)C)c1ccc(F)c(OC(F)F)c1. The predicted molar refractivity (Wildman–Crippen MR) is 83.4 cm³/mol. The zero-order chi connectivity index (χ0) is 18.5. The van der Waals surface area contributed by atoms with Gasteiger partial charge < -0.3 is 9.47 Å². The van der Waals surface area contributed by atoms with Crippen molar-refractivity contribution in [3.8, 4) is 5.75 Å². The molecule has 0 bridgehead atoms. The summed E-state index contributed by atoms with van der Waals surface area (Å²) in [6.45, 7) is 1.98. The lowest BCUT2D eigenvalue weighted by Crippen LogP contribution is -2.36. The molecule has 0 heterocycles. The summed E-state index contributed by atoms with van der Waals surface area (Å²) in [5.74, 6) is -2.22. The Kier molecular flexibility index (Phi) is 7.22. The normalized spacial score (nSPS) is 14.3. The van der Waals surface area contributed by atoms with Gasteiger partial charge in [-0.05, 0) is 38.5 Å². The van der Waals surface area contributed by atoms with E-state index in [2.05, 4.69) is 14.2 Å². The lowest BCUT2D eigenvalue weighted by Gasteiger charge is -2.24. The first-order valence-corrected chi connectivity index (χ1v) is 8.18. The van der Waals surface area contributed by atoms with E-state index in [1.165, 1.54) is 13.2 Å². The first-order valence-electron chi connectivity index (χ1n) is 7.03. The lowest BCUT2D eigenvalue weighted by molar-refractivity contribution is -0.141. The van der Waals surface area contributed by atoms with Crippen molar-refractivity contribution in [2.75, 3.05) is 7.11 Å². The van der Waals surface area contributed by atoms with Crippen LogP contribution in [0.15, 0.2) is 18.2 Å². The quantitative estimate of drug-likeness (QED) is 0.752. The van der Waals surface area contributed by atoms with Crippen molar-refractivity contribution < 1.29 is 31.6 Å². The lowest BCUT2D eigenvalue weighted by atomic mass is 10.0. The number of nitrogens with one attached hydrogen (secondary N) is 1. The number of ether oxygens (including phenoxy) is 2. The Morgan fingerprint density at radius 2 is 1.96 bits per heavy atom. The predicted octanol–water partition coefficient (Wildman–Crippen LogP) is 3.08. The van der Waals surface area contributed by atoms with Crippen LogP contribution in [0.5, 0.6) is 5.75 Å². The van der Waals surface area contributed by atoms with Crippen LogP contribution in [0.2, 0.25) is 0 Å². The number of halogens is 3. The fourth-order valence-electron chi connectivity index (χ4n) is 1.71. The fraction of sp³-hybridized carbons (Fsp3) is 0.533. The molecule has 0 fully saturated rings. The van der Waals surface area contributed by atoms with Gasteiger partial charge >= 0.3 is 12.6 Å². The molecule has 0 aliphatic rings. The maximum atomic E-state index is 13.5. The molecule has 1 N–H and O–H groups in total. The van der Waals surface area contributed by atoms with E-state index in [1.807, 2.05) is 0 Å². The van der Waals surface area contributed by atoms with Gasteiger partial charge in [-0.3, -0.25) is 4.79 Å². The minimum Gasteiger partial charge on any atom is -0.469 e. The van der Waals surface area contributed by atoms with Crippen LogP contribution in [0.25, 0.3) is 0 Å². The maximum absolute atomic E-state index is 13.5. The van der Waals surface area contributed by atoms with Gasteiger partial charge in [0.05, 0.1) is 35.3 Å². The monoisotopic (exact) mass is 367 g/mol. The molecule has 0 saturated carbocycles. The van der Waals surface area contributed by atoms with Gasteiger partial charge in [0.15, 0.2) is 11.6 Å². The van der Waals surface area contributed by atoms with Gasteiger partial charge in [0.2, 0.25) is 0 Å². The van der Waals surface area contributed by atoms with E-state index < -0.39 is 45.9 Å². The molecule has 2 atom stereocenters. The third kappa shape index (κ3) is 6.12. The number of carbonyl (C=O) groups is 1. The molecule has 0 aliphatic carbocycles. The number of esters is 1. The highest BCUT2D eigenvalue weighted by atomic mass is 32.2. The average molecular weight is 367 g/mol. The number of benzene rings is 1. The molecule has 0 aromatic heterocycles. The molecule has 0 amide bonds. The van der Waals surface area contributed by atoms with Gasteiger partial charge in [0.25, 0.3) is 0 Å². The number of hydrogen-bond acceptors (Lipinski definition) is 4. The standard InChI is InChI=1S/C15H20F3NO4S/c1-15(2,3)24(21)19-11(8-13(20)22-4)9-5-6-10(16)12(7-9)23-14(17)18/h5-7,11,14,19H,8H2,1-4H3/t11-,24?/m0/s1. The van der Waals surface area contributed by atoms with Crippen molar-refractivity contribution in [2.45, 2.75) is 44.6 Å². The molecule has 5 nitrogen and oxygen atoms in total. The van der Waals surface area contributed by atoms with Crippen LogP contribution in [-0.2, 0) is 20.5 Å². The van der Waals surface area contributed by atoms with E-state index in [4.69, 9.17) is 0 Å². The number of carbonyl (C=O) groups excluding carboxylic acids is 1. The van der Waals surface area contributed by atoms with Crippen LogP contribution < -0.4 is 9.46 Å². The Morgan fingerprint density at radius 3 is 2.46 bits per heavy atom. The van der Waals surface area contributed by atoms with Crippen molar-refractivity contribution in [3.63, 3.8) is 0 Å². The summed E-state index contributed by atoms with van der Waals surface area (Å²) in [6.07, 6.45) is -0.210. The Hall–Kier alpha value is -1.61. The van der Waals surface area contributed by atoms with Crippen molar-refractivity contribution >= 4 is 17.0 Å². The zero-order valence-corrected chi connectivity index (χ0v) is 14.6. The third-order valence-corrected chi connectivity index (χ3v) is 4.59. The molecule has 0 saturated heterocycles. The molecule has 0 aliphatic heterocycles. The zero-order valence-electron chi connectivity index (χ0n) is 13.8. The number of methoxy groups -OCH3 is 1. The maximum Gasteiger partial charge on any atom is 0.387 e. The second kappa shape index (κ2) is 8.48. The fourth-order valence-corrected chi connectivity index (χ4v) is 2.54. The topological polar surface area (TPSA) is 64.6 Å². The molecular weight excluding hydrogens is 347 g/mol. The van der Waals surface area contributed by atoms with Crippen LogP contribution in [0, 0.1) is 5.82 Å². The molecule has 136 valence electrons. The molecular formula is C15H20F3NO4S. The van der Waals surface area contributed by atoms with Gasteiger partial charge in [0, 0.05) is 0 Å². The van der Waals surface area contributed by atoms with E-state index in [9.17, 15) is 22.2 Å². The van der Waals surface area contributed by atoms with Crippen molar-refractivity contribution in [2.24, 2.45) is 0 Å². The number of hydrogen-bond donors (Lipinski definition) is 1. The smallest absolute Gasteiger partial charge is 0.387 e. The molecule has 0 radical (unpaired) electrons. The second-order valence-electron chi connectivity index (χ2n) is 5.90. The second-order valence-corrected chi connectivity index (χ2v) is 7.90. The molecule has 1 aromatic rings. The molecule has 1 aromatic carbocycles. The Bertz CT molecular complexity index is 605. The largest absolute Gasteiger partial charge is 0.469 e. The third-order valence-electron chi connectivity index (χ3n) is 2.98. The van der Waals surface area contributed by atoms with Gasteiger partial charge in [-0.15, -0.1) is 0 Å². The van der Waals surface area contributed by atoms with Crippen molar-refractivity contribution in [1.82, 2.24) is 4.72 Å². The number of rotatable bonds is 7. The summed E-state index contributed by atoms with van der Waals surface area (Å²) >= 11 is 0. The number of alkyl halides is 2. The van der Waals surface area contributed by atoms with Crippen LogP contribution >= 0.6 is 0 Å². The Balaban J connectivity index is 3.14. The summed E-state index contributed by atoms with van der Waals surface area (Å²) in [7, 11) is -0.359. The summed E-state index contributed by atoms with van der Waals surface area (Å²) in [4.78, 5) is 11.6. The van der Waals surface area contributed by atoms with E-state index in [1.54, 1.807) is 20.8 Å². The first kappa shape index (κ1) is 20.4. The van der Waals surface area contributed by atoms with E-state index >= 15 is 0 Å². The molecule has 24 heavy (non-hydrogen) atoms. The van der Waals surface area contributed by atoms with E-state index in [0.29, 0.717) is 0 Å². The molecule has 0 spiro atoms. The highest BCUT2D eigenvalue weighted by Crippen LogP contribution is 2.27. The van der Waals surface area contributed by atoms with Crippen LogP contribution in [0.1, 0.15) is 38.8 Å². The van der Waals surface area contributed by atoms with Crippen molar-refractivity contribution in [1.29, 1.82) is 0 Å². The average Bonchev–Trinajstić information content (AvgIpc) is 2.47. The highest BCUT2D eigenvalue weighted by Gasteiger charge is 2.26. The Labute approximate surface area is 141 Å². The first-order chi connectivity index (χ1) is 11.0. The van der Waals surface area contributed by atoms with Gasteiger partial charge in [-0.25, -0.2) is 13.3 Å². The molecule has 1 unspecified atom stereocenters. The Morgan fingerprint density at radius 1 is 1.33 bits per heavy atom. The summed E-state index contributed by atoms with van der Waals surface area (Å²) < 4.78 is 61.3. The summed E-state index contributed by atoms with van der Waals surface area (Å²) in [5, 5.41) is 0. The van der Waals surface area contributed by atoms with Crippen LogP contribution in [-0.4, -0.2) is 28.6 Å². The summed E-state index contributed by atoms with van der Waals surface area (Å²) in [5.41, 5.74) is 0.273. The van der Waals surface area contributed by atoms with Gasteiger partial charge in [0.1, 0.15) is 0 Å². The van der Waals surface area contributed by atoms with Gasteiger partial charge in [-0.1, -0.05) is 6.07 Å². The van der Waals surface area contributed by atoms with E-state index in [-0.39, 0.29) is 12.0 Å². The van der Waals surface area contributed by atoms with E-state index in [0.717, 1.165) is 12.1 Å². The minimum atomic E-state index is -3.19. The van der Waals surface area contributed by atoms with Crippen LogP contribution in [0.4, 0.5) is 13.2 Å². The minimum absolute atomic E-state index is 0.210. The summed E-state index contributed by atoms with van der Waals surface area (Å²) in [6, 6.07) is 2.47. The highest BCUT2D eigenvalue weighted by molar-refractivity contribution is 7.84. The van der Waals surface area contributed by atoms with Gasteiger partial charge in [-0.2, -0.15) is 8.78 Å². The van der Waals surface area contributed by atoms with Crippen LogP contribution in [0.3, 0.4) is 0 Å².